The van der Waals surface area contributed by atoms with E-state index in [0.717, 1.165) is 23.9 Å². The maximum absolute atomic E-state index is 13.4. The van der Waals surface area contributed by atoms with Gasteiger partial charge in [-0.1, -0.05) is 23.4 Å². The van der Waals surface area contributed by atoms with Gasteiger partial charge in [0.1, 0.15) is 28.9 Å². The standard InChI is InChI=1S/C12H7ClFN3O2S/c1-20-12-16-9(7(4-15)11(19)17-12)6-2-5(14)3-8(13)10(6)18/h2-3,18H,1H3,(H,16,17,19). The number of hydrogen-bond acceptors (Lipinski definition) is 5. The molecule has 1 aromatic heterocycles. The Morgan fingerprint density at radius 1 is 1.55 bits per heavy atom. The van der Waals surface area contributed by atoms with E-state index in [2.05, 4.69) is 9.97 Å². The minimum Gasteiger partial charge on any atom is -0.506 e. The average molecular weight is 312 g/mol. The molecular weight excluding hydrogens is 305 g/mol. The van der Waals surface area contributed by atoms with Gasteiger partial charge in [0.05, 0.1) is 5.02 Å². The average Bonchev–Trinajstić information content (AvgIpc) is 2.41. The van der Waals surface area contributed by atoms with E-state index in [1.54, 1.807) is 12.3 Å². The summed E-state index contributed by atoms with van der Waals surface area (Å²) < 4.78 is 13.4. The monoisotopic (exact) mass is 311 g/mol. The number of rotatable bonds is 2. The summed E-state index contributed by atoms with van der Waals surface area (Å²) in [5.41, 5.74) is -1.20. The summed E-state index contributed by atoms with van der Waals surface area (Å²) in [7, 11) is 0. The fourth-order valence-corrected chi connectivity index (χ4v) is 2.18. The van der Waals surface area contributed by atoms with Gasteiger partial charge in [0.25, 0.3) is 5.56 Å². The van der Waals surface area contributed by atoms with Crippen molar-refractivity contribution in [3.8, 4) is 23.1 Å². The number of hydrogen-bond donors (Lipinski definition) is 2. The molecule has 0 aliphatic rings. The predicted molar refractivity (Wildman–Crippen MR) is 73.4 cm³/mol. The minimum atomic E-state index is -0.709. The van der Waals surface area contributed by atoms with Gasteiger partial charge in [-0.25, -0.2) is 9.37 Å². The zero-order valence-electron chi connectivity index (χ0n) is 10.1. The van der Waals surface area contributed by atoms with Crippen molar-refractivity contribution in [3.63, 3.8) is 0 Å². The number of aromatic amines is 1. The lowest BCUT2D eigenvalue weighted by Gasteiger charge is -2.08. The number of thioether (sulfide) groups is 1. The molecule has 0 atom stereocenters. The Morgan fingerprint density at radius 3 is 2.85 bits per heavy atom. The zero-order valence-corrected chi connectivity index (χ0v) is 11.6. The first kappa shape index (κ1) is 14.4. The van der Waals surface area contributed by atoms with Crippen molar-refractivity contribution in [3.05, 3.63) is 38.9 Å². The third kappa shape index (κ3) is 2.48. The van der Waals surface area contributed by atoms with E-state index >= 15 is 0 Å². The number of phenolic OH excluding ortho intramolecular Hbond substituents is 1. The summed E-state index contributed by atoms with van der Waals surface area (Å²) in [6.45, 7) is 0. The van der Waals surface area contributed by atoms with Gasteiger partial charge in [-0.05, 0) is 18.4 Å². The van der Waals surface area contributed by atoms with Gasteiger partial charge >= 0.3 is 0 Å². The van der Waals surface area contributed by atoms with Crippen LogP contribution in [0.5, 0.6) is 5.75 Å². The molecule has 1 aromatic carbocycles. The predicted octanol–water partition coefficient (Wildman–Crippen LogP) is 2.53. The molecule has 5 nitrogen and oxygen atoms in total. The molecule has 0 bridgehead atoms. The second-order valence-corrected chi connectivity index (χ2v) is 4.90. The maximum atomic E-state index is 13.4. The van der Waals surface area contributed by atoms with E-state index in [4.69, 9.17) is 16.9 Å². The SMILES string of the molecule is CSc1nc(-c2cc(F)cc(Cl)c2O)c(C#N)c(=O)[nH]1. The molecule has 0 spiro atoms. The molecule has 0 aliphatic heterocycles. The first-order valence-electron chi connectivity index (χ1n) is 5.24. The quantitative estimate of drug-likeness (QED) is 0.657. The van der Waals surface area contributed by atoms with Crippen LogP contribution in [0, 0.1) is 17.1 Å². The molecule has 20 heavy (non-hydrogen) atoms. The Bertz CT molecular complexity index is 785. The van der Waals surface area contributed by atoms with Crippen LogP contribution in [0.1, 0.15) is 5.56 Å². The Labute approximate surface area is 122 Å². The van der Waals surface area contributed by atoms with Crippen molar-refractivity contribution in [2.45, 2.75) is 5.16 Å². The van der Waals surface area contributed by atoms with Crippen molar-refractivity contribution in [2.75, 3.05) is 6.26 Å². The van der Waals surface area contributed by atoms with E-state index in [0.29, 0.717) is 0 Å². The summed E-state index contributed by atoms with van der Waals surface area (Å²) in [5, 5.41) is 18.9. The number of aromatic hydroxyl groups is 1. The molecule has 0 aliphatic carbocycles. The number of aromatic nitrogens is 2. The second-order valence-electron chi connectivity index (χ2n) is 3.69. The molecule has 8 heteroatoms. The molecule has 2 N–H and O–H groups in total. The Kier molecular flexibility index (Phi) is 3.97. The fraction of sp³-hybridized carbons (Fsp3) is 0.0833. The van der Waals surface area contributed by atoms with Crippen LogP contribution in [0.3, 0.4) is 0 Å². The molecule has 102 valence electrons. The summed E-state index contributed by atoms with van der Waals surface area (Å²) in [4.78, 5) is 18.2. The smallest absolute Gasteiger partial charge is 0.270 e. The summed E-state index contributed by atoms with van der Waals surface area (Å²) in [6, 6.07) is 3.58. The number of H-pyrrole nitrogens is 1. The van der Waals surface area contributed by atoms with Crippen molar-refractivity contribution in [1.29, 1.82) is 5.26 Å². The normalized spacial score (nSPS) is 10.3. The van der Waals surface area contributed by atoms with Crippen molar-refractivity contribution >= 4 is 23.4 Å². The molecule has 2 aromatic rings. The summed E-state index contributed by atoms with van der Waals surface area (Å²) in [6.07, 6.45) is 1.67. The highest BCUT2D eigenvalue weighted by Crippen LogP contribution is 2.36. The third-order valence-corrected chi connectivity index (χ3v) is 3.35. The molecular formula is C12H7ClFN3O2S. The lowest BCUT2D eigenvalue weighted by Crippen LogP contribution is -2.14. The van der Waals surface area contributed by atoms with Crippen LogP contribution in [0.15, 0.2) is 22.1 Å². The highest BCUT2D eigenvalue weighted by molar-refractivity contribution is 7.98. The fourth-order valence-electron chi connectivity index (χ4n) is 1.59. The number of nitrogens with zero attached hydrogens (tertiary/aromatic N) is 2. The lowest BCUT2D eigenvalue weighted by molar-refractivity contribution is 0.475. The maximum Gasteiger partial charge on any atom is 0.270 e. The molecule has 0 saturated carbocycles. The highest BCUT2D eigenvalue weighted by atomic mass is 35.5. The van der Waals surface area contributed by atoms with Gasteiger partial charge in [-0.15, -0.1) is 0 Å². The first-order chi connectivity index (χ1) is 9.47. The van der Waals surface area contributed by atoms with Crippen LogP contribution in [0.25, 0.3) is 11.3 Å². The van der Waals surface area contributed by atoms with Gasteiger partial charge in [0.2, 0.25) is 0 Å². The summed E-state index contributed by atoms with van der Waals surface area (Å²) >= 11 is 6.83. The van der Waals surface area contributed by atoms with Gasteiger partial charge < -0.3 is 10.1 Å². The van der Waals surface area contributed by atoms with Crippen molar-refractivity contribution < 1.29 is 9.50 Å². The van der Waals surface area contributed by atoms with Crippen LogP contribution < -0.4 is 5.56 Å². The number of phenols is 1. The number of nitrogens with one attached hydrogen (secondary N) is 1. The van der Waals surface area contributed by atoms with Gasteiger partial charge in [-0.3, -0.25) is 4.79 Å². The van der Waals surface area contributed by atoms with E-state index in [1.165, 1.54) is 0 Å². The minimum absolute atomic E-state index is 0.104. The van der Waals surface area contributed by atoms with Crippen molar-refractivity contribution in [1.82, 2.24) is 9.97 Å². The number of halogens is 2. The van der Waals surface area contributed by atoms with Crippen molar-refractivity contribution in [2.24, 2.45) is 0 Å². The van der Waals surface area contributed by atoms with E-state index in [9.17, 15) is 14.3 Å². The summed E-state index contributed by atoms with van der Waals surface area (Å²) in [5.74, 6) is -1.14. The number of nitriles is 1. The van der Waals surface area contributed by atoms with Gasteiger partial charge in [0, 0.05) is 5.56 Å². The molecule has 0 amide bonds. The van der Waals surface area contributed by atoms with E-state index in [1.807, 2.05) is 0 Å². The second kappa shape index (κ2) is 5.53. The molecule has 0 saturated heterocycles. The van der Waals surface area contributed by atoms with Gasteiger partial charge in [0.15, 0.2) is 5.16 Å². The Balaban J connectivity index is 2.85. The largest absolute Gasteiger partial charge is 0.506 e. The Morgan fingerprint density at radius 2 is 2.25 bits per heavy atom. The molecule has 1 heterocycles. The van der Waals surface area contributed by atoms with Crippen LogP contribution >= 0.6 is 23.4 Å². The lowest BCUT2D eigenvalue weighted by atomic mass is 10.1. The van der Waals surface area contributed by atoms with E-state index in [-0.39, 0.29) is 27.0 Å². The van der Waals surface area contributed by atoms with Crippen LogP contribution in [-0.4, -0.2) is 21.3 Å². The molecule has 0 unspecified atom stereocenters. The highest BCUT2D eigenvalue weighted by Gasteiger charge is 2.19. The molecule has 2 rings (SSSR count). The molecule has 0 fully saturated rings. The first-order valence-corrected chi connectivity index (χ1v) is 6.85. The topological polar surface area (TPSA) is 89.8 Å². The van der Waals surface area contributed by atoms with Crippen LogP contribution in [0.4, 0.5) is 4.39 Å². The zero-order chi connectivity index (χ0) is 14.9. The van der Waals surface area contributed by atoms with E-state index < -0.39 is 17.1 Å². The number of benzene rings is 1. The molecule has 0 radical (unpaired) electrons. The van der Waals surface area contributed by atoms with Gasteiger partial charge in [-0.2, -0.15) is 5.26 Å². The Hall–Kier alpha value is -2.04. The van der Waals surface area contributed by atoms with Crippen LogP contribution in [-0.2, 0) is 0 Å². The van der Waals surface area contributed by atoms with Crippen LogP contribution in [0.2, 0.25) is 5.02 Å². The third-order valence-electron chi connectivity index (χ3n) is 2.49.